The second-order valence-corrected chi connectivity index (χ2v) is 9.22. The second kappa shape index (κ2) is 13.2. The predicted octanol–water partition coefficient (Wildman–Crippen LogP) is 1.85. The van der Waals surface area contributed by atoms with Crippen LogP contribution in [0.1, 0.15) is 36.0 Å². The number of nitrogens with zero attached hydrogens (tertiary/aromatic N) is 2. The van der Waals surface area contributed by atoms with Gasteiger partial charge in [0.15, 0.2) is 12.3 Å². The molecule has 1 fully saturated rings. The molecule has 0 aliphatic carbocycles. The van der Waals surface area contributed by atoms with E-state index in [2.05, 4.69) is 31.0 Å². The molecule has 1 aliphatic rings. The number of halogens is 1. The summed E-state index contributed by atoms with van der Waals surface area (Å²) in [5, 5.41) is 2.56. The number of amides is 1. The van der Waals surface area contributed by atoms with Crippen LogP contribution in [0, 0.1) is 0 Å². The molecule has 14 heteroatoms. The van der Waals surface area contributed by atoms with Crippen LogP contribution in [-0.2, 0) is 33.3 Å². The van der Waals surface area contributed by atoms with E-state index < -0.39 is 52.8 Å². The summed E-state index contributed by atoms with van der Waals surface area (Å²) in [6.07, 6.45) is 0.669. The molecule has 4 atom stereocenters. The molecule has 1 amide bonds. The van der Waals surface area contributed by atoms with Crippen LogP contribution in [0.3, 0.4) is 0 Å². The Balaban J connectivity index is 2.01. The number of methoxy groups -OCH3 is 2. The molecule has 1 saturated heterocycles. The Labute approximate surface area is 231 Å². The molecule has 1 N–H and O–H groups in total. The van der Waals surface area contributed by atoms with Gasteiger partial charge >= 0.3 is 23.6 Å². The van der Waals surface area contributed by atoms with Gasteiger partial charge in [-0.25, -0.2) is 9.59 Å². The largest absolute Gasteiger partial charge is 0.497 e. The van der Waals surface area contributed by atoms with Crippen LogP contribution in [0.15, 0.2) is 41.3 Å². The monoisotopic (exact) mass is 607 g/mol. The molecule has 0 radical (unpaired) electrons. The van der Waals surface area contributed by atoms with Gasteiger partial charge in [0.2, 0.25) is 0 Å². The minimum absolute atomic E-state index is 0.140. The summed E-state index contributed by atoms with van der Waals surface area (Å²) in [5.74, 6) is -2.06. The number of ether oxygens (including phenoxy) is 5. The molecule has 1 aromatic heterocycles. The van der Waals surface area contributed by atoms with E-state index in [0.717, 1.165) is 10.6 Å². The lowest BCUT2D eigenvalue weighted by atomic mass is 10.2. The molecule has 13 nitrogen and oxygen atoms in total. The van der Waals surface area contributed by atoms with E-state index in [9.17, 15) is 24.0 Å². The highest BCUT2D eigenvalue weighted by Gasteiger charge is 2.47. The first kappa shape index (κ1) is 29.5. The van der Waals surface area contributed by atoms with Crippen molar-refractivity contribution in [2.24, 2.45) is 0 Å². The highest BCUT2D eigenvalue weighted by atomic mass is 79.9. The molecule has 208 valence electrons. The number of aromatic nitrogens is 2. The number of anilines is 1. The third-order valence-electron chi connectivity index (χ3n) is 5.46. The highest BCUT2D eigenvalue weighted by molar-refractivity contribution is 9.09. The molecular weight excluding hydrogens is 582 g/mol. The van der Waals surface area contributed by atoms with E-state index in [-0.39, 0.29) is 23.6 Å². The normalized spacial score (nSPS) is 20.3. The van der Waals surface area contributed by atoms with Crippen LogP contribution < -0.4 is 15.7 Å². The van der Waals surface area contributed by atoms with Crippen molar-refractivity contribution in [3.8, 4) is 5.75 Å². The van der Waals surface area contributed by atoms with Gasteiger partial charge in [0.1, 0.15) is 24.3 Å². The lowest BCUT2D eigenvalue weighted by Crippen LogP contribution is -2.37. The standard InChI is InChI=1S/C25H26BrN3O10/c1-13(30)37-12-18-20(26)21(38-14(2)31)24(39-18)29-11-16(7-10-19(32)36-4)22(28-25(29)34)27-23(33)15-5-8-17(35-3)9-6-15/h5-11,18,20-21,24H,12H2,1-4H3,(H,27,28,33,34)/t18-,20+,21-,24-/m1/s1. The fraction of sp³-hybridized carbons (Fsp3) is 0.360. The Morgan fingerprint density at radius 1 is 1.13 bits per heavy atom. The first-order valence-electron chi connectivity index (χ1n) is 11.5. The average molecular weight is 608 g/mol. The van der Waals surface area contributed by atoms with Crippen molar-refractivity contribution in [2.75, 3.05) is 26.1 Å². The number of hydrogen-bond donors (Lipinski definition) is 1. The van der Waals surface area contributed by atoms with Gasteiger partial charge in [0, 0.05) is 37.2 Å². The summed E-state index contributed by atoms with van der Waals surface area (Å²) >= 11 is 3.40. The van der Waals surface area contributed by atoms with Crippen LogP contribution in [0.2, 0.25) is 0 Å². The fourth-order valence-corrected chi connectivity index (χ4v) is 4.25. The van der Waals surface area contributed by atoms with Gasteiger partial charge < -0.3 is 29.0 Å². The van der Waals surface area contributed by atoms with Crippen molar-refractivity contribution in [3.05, 3.63) is 58.1 Å². The van der Waals surface area contributed by atoms with Crippen LogP contribution >= 0.6 is 15.9 Å². The van der Waals surface area contributed by atoms with Gasteiger partial charge in [-0.1, -0.05) is 15.9 Å². The lowest BCUT2D eigenvalue weighted by molar-refractivity contribution is -0.153. The van der Waals surface area contributed by atoms with Gasteiger partial charge in [0.25, 0.3) is 5.91 Å². The number of nitrogens with one attached hydrogen (secondary N) is 1. The van der Waals surface area contributed by atoms with Gasteiger partial charge in [-0.3, -0.25) is 19.0 Å². The minimum Gasteiger partial charge on any atom is -0.497 e. The van der Waals surface area contributed by atoms with Crippen molar-refractivity contribution in [1.29, 1.82) is 0 Å². The SMILES string of the molecule is COC(=O)C=Cc1cn([C@@H]2O[C@H](COC(C)=O)[C@H](Br)[C@H]2OC(C)=O)c(=O)nc1NC(=O)c1ccc(OC)cc1. The molecule has 0 spiro atoms. The van der Waals surface area contributed by atoms with Crippen LogP contribution in [0.4, 0.5) is 5.82 Å². The predicted molar refractivity (Wildman–Crippen MR) is 139 cm³/mol. The molecular formula is C25H26BrN3O10. The average Bonchev–Trinajstić information content (AvgIpc) is 3.20. The molecule has 1 aromatic carbocycles. The number of carbonyl (C=O) groups excluding carboxylic acids is 4. The Morgan fingerprint density at radius 2 is 1.82 bits per heavy atom. The zero-order valence-corrected chi connectivity index (χ0v) is 23.0. The maximum Gasteiger partial charge on any atom is 0.351 e. The van der Waals surface area contributed by atoms with E-state index in [1.165, 1.54) is 52.5 Å². The minimum atomic E-state index is -1.18. The third-order valence-corrected chi connectivity index (χ3v) is 6.57. The van der Waals surface area contributed by atoms with Crippen molar-refractivity contribution in [2.45, 2.75) is 37.1 Å². The van der Waals surface area contributed by atoms with E-state index in [1.807, 2.05) is 0 Å². The number of hydrogen-bond acceptors (Lipinski definition) is 11. The summed E-state index contributed by atoms with van der Waals surface area (Å²) in [5.41, 5.74) is -0.457. The van der Waals surface area contributed by atoms with Gasteiger partial charge in [-0.15, -0.1) is 0 Å². The second-order valence-electron chi connectivity index (χ2n) is 8.16. The zero-order chi connectivity index (χ0) is 28.7. The zero-order valence-electron chi connectivity index (χ0n) is 21.4. The number of benzene rings is 1. The smallest absolute Gasteiger partial charge is 0.351 e. The molecule has 2 aromatic rings. The maximum atomic E-state index is 13.1. The number of carbonyl (C=O) groups is 4. The summed E-state index contributed by atoms with van der Waals surface area (Å²) in [7, 11) is 2.68. The molecule has 2 heterocycles. The Kier molecular flexibility index (Phi) is 9.95. The number of rotatable bonds is 9. The quantitative estimate of drug-likeness (QED) is 0.191. The van der Waals surface area contributed by atoms with Gasteiger partial charge in [-0.05, 0) is 30.3 Å². The van der Waals surface area contributed by atoms with E-state index in [0.29, 0.717) is 5.75 Å². The highest BCUT2D eigenvalue weighted by Crippen LogP contribution is 2.36. The van der Waals surface area contributed by atoms with Crippen molar-refractivity contribution >= 4 is 51.6 Å². The number of esters is 3. The van der Waals surface area contributed by atoms with Crippen molar-refractivity contribution in [3.63, 3.8) is 0 Å². The number of alkyl halides is 1. The molecule has 0 saturated carbocycles. The van der Waals surface area contributed by atoms with Gasteiger partial charge in [-0.2, -0.15) is 4.98 Å². The Morgan fingerprint density at radius 3 is 2.41 bits per heavy atom. The fourth-order valence-electron chi connectivity index (χ4n) is 3.61. The molecule has 1 aliphatic heterocycles. The van der Waals surface area contributed by atoms with Crippen LogP contribution in [0.25, 0.3) is 6.08 Å². The first-order chi connectivity index (χ1) is 18.5. The van der Waals surface area contributed by atoms with Crippen LogP contribution in [-0.4, -0.2) is 71.2 Å². The van der Waals surface area contributed by atoms with Crippen LogP contribution in [0.5, 0.6) is 5.75 Å². The van der Waals surface area contributed by atoms with Crippen molar-refractivity contribution < 1.29 is 42.9 Å². The van der Waals surface area contributed by atoms with E-state index in [1.54, 1.807) is 12.1 Å². The van der Waals surface area contributed by atoms with Gasteiger partial charge in [0.05, 0.1) is 19.0 Å². The molecule has 3 rings (SSSR count). The Bertz CT molecular complexity index is 1320. The topological polar surface area (TPSA) is 161 Å². The van der Waals surface area contributed by atoms with E-state index >= 15 is 0 Å². The molecule has 0 unspecified atom stereocenters. The van der Waals surface area contributed by atoms with Crippen molar-refractivity contribution in [1.82, 2.24) is 9.55 Å². The summed E-state index contributed by atoms with van der Waals surface area (Å²) < 4.78 is 27.1. The third kappa shape index (κ3) is 7.51. The Hall–Kier alpha value is -4.04. The summed E-state index contributed by atoms with van der Waals surface area (Å²) in [6, 6.07) is 6.23. The van der Waals surface area contributed by atoms with E-state index in [4.69, 9.17) is 18.9 Å². The molecule has 39 heavy (non-hydrogen) atoms. The molecule has 0 bridgehead atoms. The summed E-state index contributed by atoms with van der Waals surface area (Å²) in [6.45, 7) is 2.25. The maximum absolute atomic E-state index is 13.1. The first-order valence-corrected chi connectivity index (χ1v) is 12.4. The summed E-state index contributed by atoms with van der Waals surface area (Å²) in [4.78, 5) is 64.2. The lowest BCUT2D eigenvalue weighted by Gasteiger charge is -2.22.